The Hall–Kier alpha value is -1.44. The molecule has 22 heavy (non-hydrogen) atoms. The normalized spacial score (nSPS) is 11.1. The highest BCUT2D eigenvalue weighted by molar-refractivity contribution is 7.18. The van der Waals surface area contributed by atoms with Crippen LogP contribution in [-0.2, 0) is 13.0 Å². The number of thiazole rings is 2. The number of imidazole rings is 1. The minimum atomic E-state index is 0.777. The molecular formula is C14H16ClN5S2. The molecule has 0 unspecified atom stereocenters. The first-order valence-corrected chi connectivity index (χ1v) is 8.82. The van der Waals surface area contributed by atoms with Gasteiger partial charge in [-0.25, -0.2) is 15.0 Å². The minimum Gasteiger partial charge on any atom is -0.354 e. The van der Waals surface area contributed by atoms with Crippen molar-refractivity contribution < 1.29 is 0 Å². The molecule has 3 aromatic heterocycles. The number of halogens is 1. The van der Waals surface area contributed by atoms with Gasteiger partial charge in [-0.2, -0.15) is 0 Å². The zero-order valence-corrected chi connectivity index (χ0v) is 15.0. The maximum atomic E-state index is 6.08. The van der Waals surface area contributed by atoms with Crippen LogP contribution in [0.15, 0.2) is 18.6 Å². The monoisotopic (exact) mass is 353 g/mol. The van der Waals surface area contributed by atoms with Crippen LogP contribution in [0.3, 0.4) is 0 Å². The van der Waals surface area contributed by atoms with E-state index in [-0.39, 0.29) is 0 Å². The van der Waals surface area contributed by atoms with Crippen LogP contribution in [0.1, 0.15) is 10.7 Å². The Morgan fingerprint density at radius 1 is 1.27 bits per heavy atom. The lowest BCUT2D eigenvalue weighted by molar-refractivity contribution is 0.700. The van der Waals surface area contributed by atoms with E-state index >= 15 is 0 Å². The zero-order valence-electron chi connectivity index (χ0n) is 12.6. The molecule has 8 heteroatoms. The third kappa shape index (κ3) is 3.16. The molecule has 0 N–H and O–H groups in total. The molecule has 0 aliphatic carbocycles. The molecule has 5 nitrogen and oxygen atoms in total. The van der Waals surface area contributed by atoms with Crippen molar-refractivity contribution in [1.82, 2.24) is 19.5 Å². The fourth-order valence-electron chi connectivity index (χ4n) is 2.04. The topological polar surface area (TPSA) is 46.8 Å². The van der Waals surface area contributed by atoms with E-state index in [0.717, 1.165) is 43.8 Å². The number of aryl methyl sites for hydroxylation is 3. The van der Waals surface area contributed by atoms with Gasteiger partial charge in [-0.05, 0) is 6.92 Å². The molecule has 0 aromatic carbocycles. The Morgan fingerprint density at radius 2 is 2.09 bits per heavy atom. The summed E-state index contributed by atoms with van der Waals surface area (Å²) in [6, 6.07) is 0. The smallest absolute Gasteiger partial charge is 0.185 e. The number of hydrogen-bond donors (Lipinski definition) is 0. The molecule has 0 spiro atoms. The van der Waals surface area contributed by atoms with Gasteiger partial charge in [0.05, 0.1) is 21.8 Å². The van der Waals surface area contributed by atoms with Gasteiger partial charge in [-0.15, -0.1) is 11.3 Å². The van der Waals surface area contributed by atoms with E-state index in [2.05, 4.69) is 19.5 Å². The Balaban J connectivity index is 1.76. The van der Waals surface area contributed by atoms with Crippen LogP contribution in [0.4, 0.5) is 5.13 Å². The van der Waals surface area contributed by atoms with Crippen molar-refractivity contribution in [3.63, 3.8) is 0 Å². The van der Waals surface area contributed by atoms with E-state index in [0.29, 0.717) is 0 Å². The van der Waals surface area contributed by atoms with Gasteiger partial charge in [0.2, 0.25) is 0 Å². The van der Waals surface area contributed by atoms with E-state index in [1.165, 1.54) is 0 Å². The number of nitrogens with zero attached hydrogens (tertiary/aromatic N) is 5. The van der Waals surface area contributed by atoms with Gasteiger partial charge in [0.25, 0.3) is 0 Å². The van der Waals surface area contributed by atoms with Crippen molar-refractivity contribution >= 4 is 39.4 Å². The maximum absolute atomic E-state index is 6.08. The summed E-state index contributed by atoms with van der Waals surface area (Å²) in [5.41, 5.74) is 0.908. The molecule has 0 radical (unpaired) electrons. The number of anilines is 1. The van der Waals surface area contributed by atoms with Gasteiger partial charge < -0.3 is 9.47 Å². The minimum absolute atomic E-state index is 0.777. The van der Waals surface area contributed by atoms with Gasteiger partial charge in [-0.1, -0.05) is 22.9 Å². The second kappa shape index (κ2) is 6.36. The Morgan fingerprint density at radius 3 is 2.73 bits per heavy atom. The molecule has 3 aromatic rings. The van der Waals surface area contributed by atoms with Crippen molar-refractivity contribution in [2.75, 3.05) is 19.0 Å². The van der Waals surface area contributed by atoms with Crippen LogP contribution in [0.25, 0.3) is 10.7 Å². The van der Waals surface area contributed by atoms with E-state index in [4.69, 9.17) is 11.6 Å². The van der Waals surface area contributed by atoms with Crippen LogP contribution < -0.4 is 4.90 Å². The van der Waals surface area contributed by atoms with Gasteiger partial charge in [0.1, 0.15) is 4.34 Å². The van der Waals surface area contributed by atoms with E-state index < -0.39 is 0 Å². The molecule has 0 aliphatic heterocycles. The summed E-state index contributed by atoms with van der Waals surface area (Å²) < 4.78 is 2.91. The molecule has 0 amide bonds. The highest BCUT2D eigenvalue weighted by Crippen LogP contribution is 2.29. The molecule has 0 fully saturated rings. The highest BCUT2D eigenvalue weighted by Gasteiger charge is 2.12. The maximum Gasteiger partial charge on any atom is 0.185 e. The lowest BCUT2D eigenvalue weighted by Crippen LogP contribution is -2.07. The first kappa shape index (κ1) is 15.5. The van der Waals surface area contributed by atoms with Crippen LogP contribution >= 0.6 is 34.3 Å². The van der Waals surface area contributed by atoms with Crippen LogP contribution in [-0.4, -0.2) is 33.6 Å². The average molecular weight is 354 g/mol. The SMILES string of the molecule is Cc1nc(CCn2ccnc2-c2cnc(N(C)C)s2)sc1Cl. The Labute approximate surface area is 142 Å². The summed E-state index contributed by atoms with van der Waals surface area (Å²) in [6.45, 7) is 2.76. The first-order chi connectivity index (χ1) is 10.5. The second-order valence-corrected chi connectivity index (χ2v) is 7.76. The molecular weight excluding hydrogens is 338 g/mol. The Kier molecular flexibility index (Phi) is 4.46. The predicted molar refractivity (Wildman–Crippen MR) is 93.2 cm³/mol. The predicted octanol–water partition coefficient (Wildman–Crippen LogP) is 3.73. The summed E-state index contributed by atoms with van der Waals surface area (Å²) in [7, 11) is 3.98. The molecule has 3 rings (SSSR count). The summed E-state index contributed by atoms with van der Waals surface area (Å²) in [6.07, 6.45) is 6.54. The van der Waals surface area contributed by atoms with E-state index in [1.54, 1.807) is 22.7 Å². The van der Waals surface area contributed by atoms with E-state index in [9.17, 15) is 0 Å². The third-order valence-electron chi connectivity index (χ3n) is 3.16. The number of hydrogen-bond acceptors (Lipinski definition) is 6. The first-order valence-electron chi connectivity index (χ1n) is 6.81. The third-order valence-corrected chi connectivity index (χ3v) is 5.83. The summed E-state index contributed by atoms with van der Waals surface area (Å²) >= 11 is 9.26. The lowest BCUT2D eigenvalue weighted by atomic mass is 10.4. The highest BCUT2D eigenvalue weighted by atomic mass is 35.5. The summed E-state index contributed by atoms with van der Waals surface area (Å²) in [4.78, 5) is 16.4. The van der Waals surface area contributed by atoms with Crippen molar-refractivity contribution in [3.8, 4) is 10.7 Å². The van der Waals surface area contributed by atoms with Crippen LogP contribution in [0, 0.1) is 6.92 Å². The van der Waals surface area contributed by atoms with E-state index in [1.807, 2.05) is 44.5 Å². The van der Waals surface area contributed by atoms with Gasteiger partial charge in [0, 0.05) is 39.5 Å². The zero-order chi connectivity index (χ0) is 15.7. The molecule has 0 atom stereocenters. The second-order valence-electron chi connectivity index (χ2n) is 5.06. The van der Waals surface area contributed by atoms with Gasteiger partial charge in [-0.3, -0.25) is 0 Å². The fourth-order valence-corrected chi connectivity index (χ4v) is 3.98. The van der Waals surface area contributed by atoms with Crippen LogP contribution in [0.5, 0.6) is 0 Å². The fraction of sp³-hybridized carbons (Fsp3) is 0.357. The summed E-state index contributed by atoms with van der Waals surface area (Å²) in [5, 5.41) is 2.03. The molecule has 3 heterocycles. The van der Waals surface area contributed by atoms with Crippen molar-refractivity contribution in [2.45, 2.75) is 19.9 Å². The lowest BCUT2D eigenvalue weighted by Gasteiger charge is -2.06. The van der Waals surface area contributed by atoms with Gasteiger partial charge in [0.15, 0.2) is 11.0 Å². The molecule has 0 bridgehead atoms. The number of rotatable bonds is 5. The summed E-state index contributed by atoms with van der Waals surface area (Å²) in [5.74, 6) is 0.949. The van der Waals surface area contributed by atoms with Crippen molar-refractivity contribution in [2.24, 2.45) is 0 Å². The van der Waals surface area contributed by atoms with Gasteiger partial charge >= 0.3 is 0 Å². The van der Waals surface area contributed by atoms with Crippen molar-refractivity contribution in [1.29, 1.82) is 0 Å². The number of aromatic nitrogens is 4. The standard InChI is InChI=1S/C14H16ClN5S2/c1-9-12(15)22-11(18-9)4-6-20-7-5-16-13(20)10-8-17-14(21-10)19(2)3/h5,7-8H,4,6H2,1-3H3. The van der Waals surface area contributed by atoms with Crippen LogP contribution in [0.2, 0.25) is 4.34 Å². The largest absolute Gasteiger partial charge is 0.354 e. The quantitative estimate of drug-likeness (QED) is 0.701. The molecule has 0 aliphatic rings. The molecule has 0 saturated heterocycles. The Bertz CT molecular complexity index is 754. The average Bonchev–Trinajstić information content (AvgIpc) is 3.17. The molecule has 116 valence electrons. The molecule has 0 saturated carbocycles. The van der Waals surface area contributed by atoms with Crippen molar-refractivity contribution in [3.05, 3.63) is 33.6 Å².